The molecule has 2 rings (SSSR count). The van der Waals surface area contributed by atoms with E-state index < -0.39 is 11.9 Å². The lowest BCUT2D eigenvalue weighted by Gasteiger charge is -2.25. The van der Waals surface area contributed by atoms with E-state index in [0.29, 0.717) is 24.5 Å². The number of fused-ring (bicyclic) bond motifs is 1. The Labute approximate surface area is 105 Å². The van der Waals surface area contributed by atoms with E-state index in [4.69, 9.17) is 10.6 Å². The van der Waals surface area contributed by atoms with E-state index in [1.54, 1.807) is 31.2 Å². The van der Waals surface area contributed by atoms with Crippen LogP contribution in [0.1, 0.15) is 17.3 Å². The fraction of sp³-hybridized carbons (Fsp3) is 0.333. The summed E-state index contributed by atoms with van der Waals surface area (Å²) in [6, 6.07) is 6.36. The van der Waals surface area contributed by atoms with Crippen molar-refractivity contribution in [3.8, 4) is 5.75 Å². The molecule has 1 aliphatic rings. The van der Waals surface area contributed by atoms with Gasteiger partial charge >= 0.3 is 0 Å². The van der Waals surface area contributed by atoms with Crippen LogP contribution < -0.4 is 16.0 Å². The first-order chi connectivity index (χ1) is 8.65. The smallest absolute Gasteiger partial charge is 0.258 e. The number of benzene rings is 1. The molecule has 6 nitrogen and oxygen atoms in total. The highest BCUT2D eigenvalue weighted by atomic mass is 16.5. The molecule has 0 saturated carbocycles. The van der Waals surface area contributed by atoms with E-state index >= 15 is 0 Å². The average molecular weight is 249 g/mol. The normalized spacial score (nSPS) is 16.3. The number of ether oxygens (including phenoxy) is 1. The minimum absolute atomic E-state index is 0.223. The third-order valence-corrected chi connectivity index (χ3v) is 2.96. The van der Waals surface area contributed by atoms with Gasteiger partial charge in [-0.25, -0.2) is 5.84 Å². The van der Waals surface area contributed by atoms with E-state index in [9.17, 15) is 9.59 Å². The van der Waals surface area contributed by atoms with E-state index in [0.717, 1.165) is 0 Å². The fourth-order valence-corrected chi connectivity index (χ4v) is 1.91. The van der Waals surface area contributed by atoms with Crippen LogP contribution in [0.15, 0.2) is 24.3 Å². The summed E-state index contributed by atoms with van der Waals surface area (Å²) in [6.45, 7) is 2.33. The molecule has 6 heteroatoms. The van der Waals surface area contributed by atoms with Crippen LogP contribution >= 0.6 is 0 Å². The molecular weight excluding hydrogens is 234 g/mol. The lowest BCUT2D eigenvalue weighted by molar-refractivity contribution is -0.125. The molecule has 2 amide bonds. The first kappa shape index (κ1) is 12.4. The number of nitrogens with zero attached hydrogens (tertiary/aromatic N) is 1. The first-order valence-electron chi connectivity index (χ1n) is 5.68. The molecule has 1 aliphatic heterocycles. The minimum Gasteiger partial charge on any atom is -0.491 e. The molecule has 3 N–H and O–H groups in total. The summed E-state index contributed by atoms with van der Waals surface area (Å²) < 4.78 is 5.49. The quantitative estimate of drug-likeness (QED) is 0.435. The summed E-state index contributed by atoms with van der Waals surface area (Å²) in [5.41, 5.74) is 2.52. The maximum atomic E-state index is 12.3. The zero-order valence-corrected chi connectivity index (χ0v) is 10.1. The van der Waals surface area contributed by atoms with E-state index in [1.165, 1.54) is 4.90 Å². The highest BCUT2D eigenvalue weighted by Crippen LogP contribution is 2.23. The number of carbonyl (C=O) groups is 2. The molecule has 0 aromatic heterocycles. The number of hydrogen-bond acceptors (Lipinski definition) is 4. The maximum Gasteiger partial charge on any atom is 0.258 e. The Bertz CT molecular complexity index is 475. The van der Waals surface area contributed by atoms with Gasteiger partial charge in [0.25, 0.3) is 11.8 Å². The first-order valence-corrected chi connectivity index (χ1v) is 5.68. The molecule has 0 bridgehead atoms. The lowest BCUT2D eigenvalue weighted by atomic mass is 10.1. The third-order valence-electron chi connectivity index (χ3n) is 2.96. The monoisotopic (exact) mass is 249 g/mol. The van der Waals surface area contributed by atoms with E-state index in [-0.39, 0.29) is 5.91 Å². The average Bonchev–Trinajstić information content (AvgIpc) is 2.57. The van der Waals surface area contributed by atoms with Crippen LogP contribution in [0.5, 0.6) is 5.75 Å². The van der Waals surface area contributed by atoms with Gasteiger partial charge in [0.15, 0.2) is 0 Å². The molecule has 18 heavy (non-hydrogen) atoms. The number of para-hydroxylation sites is 1. The fourth-order valence-electron chi connectivity index (χ4n) is 1.91. The van der Waals surface area contributed by atoms with Gasteiger partial charge in [0.1, 0.15) is 18.4 Å². The Kier molecular flexibility index (Phi) is 3.47. The van der Waals surface area contributed by atoms with Crippen LogP contribution in [0.25, 0.3) is 0 Å². The lowest BCUT2D eigenvalue weighted by Crippen LogP contribution is -2.50. The molecule has 1 atom stereocenters. The van der Waals surface area contributed by atoms with Crippen molar-refractivity contribution in [2.24, 2.45) is 5.84 Å². The van der Waals surface area contributed by atoms with Crippen molar-refractivity contribution in [3.63, 3.8) is 0 Å². The molecule has 1 aromatic carbocycles. The zero-order chi connectivity index (χ0) is 13.1. The van der Waals surface area contributed by atoms with Crippen molar-refractivity contribution >= 4 is 11.8 Å². The Morgan fingerprint density at radius 3 is 2.94 bits per heavy atom. The van der Waals surface area contributed by atoms with Crippen molar-refractivity contribution in [1.82, 2.24) is 10.3 Å². The molecule has 0 fully saturated rings. The van der Waals surface area contributed by atoms with E-state index in [1.807, 2.05) is 0 Å². The standard InChI is InChI=1S/C12H15N3O3/c1-8(11(16)14-13)15-6-7-18-10-5-3-2-4-9(10)12(15)17/h2-5,8H,6-7,13H2,1H3,(H,14,16). The Balaban J connectivity index is 2.30. The number of hydrazine groups is 1. The second-order valence-corrected chi connectivity index (χ2v) is 4.03. The van der Waals surface area contributed by atoms with Gasteiger partial charge in [-0.15, -0.1) is 0 Å². The van der Waals surface area contributed by atoms with Crippen molar-refractivity contribution in [3.05, 3.63) is 29.8 Å². The van der Waals surface area contributed by atoms with Crippen LogP contribution in [0.3, 0.4) is 0 Å². The molecule has 1 heterocycles. The predicted molar refractivity (Wildman–Crippen MR) is 64.8 cm³/mol. The highest BCUT2D eigenvalue weighted by Gasteiger charge is 2.29. The molecule has 1 unspecified atom stereocenters. The van der Waals surface area contributed by atoms with Crippen molar-refractivity contribution in [2.45, 2.75) is 13.0 Å². The van der Waals surface area contributed by atoms with E-state index in [2.05, 4.69) is 5.43 Å². The summed E-state index contributed by atoms with van der Waals surface area (Å²) in [4.78, 5) is 25.3. The number of nitrogens with two attached hydrogens (primary N) is 1. The summed E-state index contributed by atoms with van der Waals surface area (Å²) >= 11 is 0. The number of amides is 2. The zero-order valence-electron chi connectivity index (χ0n) is 10.1. The Hall–Kier alpha value is -2.08. The van der Waals surface area contributed by atoms with Gasteiger partial charge in [-0.2, -0.15) is 0 Å². The Morgan fingerprint density at radius 1 is 1.50 bits per heavy atom. The molecular formula is C12H15N3O3. The van der Waals surface area contributed by atoms with Gasteiger partial charge in [-0.3, -0.25) is 15.0 Å². The van der Waals surface area contributed by atoms with Crippen molar-refractivity contribution < 1.29 is 14.3 Å². The minimum atomic E-state index is -0.628. The molecule has 0 spiro atoms. The number of nitrogens with one attached hydrogen (secondary N) is 1. The molecule has 0 radical (unpaired) electrons. The predicted octanol–water partition coefficient (Wildman–Crippen LogP) is -0.100. The second-order valence-electron chi connectivity index (χ2n) is 4.03. The Morgan fingerprint density at radius 2 is 2.22 bits per heavy atom. The number of rotatable bonds is 2. The van der Waals surface area contributed by atoms with Crippen LogP contribution in [-0.4, -0.2) is 35.9 Å². The molecule has 0 saturated heterocycles. The van der Waals surface area contributed by atoms with Crippen LogP contribution in [0.2, 0.25) is 0 Å². The molecule has 1 aromatic rings. The van der Waals surface area contributed by atoms with Gasteiger partial charge in [0.05, 0.1) is 12.1 Å². The van der Waals surface area contributed by atoms with Crippen LogP contribution in [-0.2, 0) is 4.79 Å². The topological polar surface area (TPSA) is 84.7 Å². The third kappa shape index (κ3) is 2.14. The summed E-state index contributed by atoms with van der Waals surface area (Å²) in [5, 5.41) is 0. The van der Waals surface area contributed by atoms with Gasteiger partial charge in [0, 0.05) is 0 Å². The van der Waals surface area contributed by atoms with Crippen LogP contribution in [0, 0.1) is 0 Å². The van der Waals surface area contributed by atoms with Crippen molar-refractivity contribution in [1.29, 1.82) is 0 Å². The highest BCUT2D eigenvalue weighted by molar-refractivity contribution is 5.99. The van der Waals surface area contributed by atoms with Crippen molar-refractivity contribution in [2.75, 3.05) is 13.2 Å². The summed E-state index contributed by atoms with van der Waals surface area (Å²) in [5.74, 6) is 5.01. The van der Waals surface area contributed by atoms with Gasteiger partial charge in [-0.05, 0) is 19.1 Å². The maximum absolute atomic E-state index is 12.3. The van der Waals surface area contributed by atoms with Gasteiger partial charge in [0.2, 0.25) is 0 Å². The summed E-state index contributed by atoms with van der Waals surface area (Å²) in [6.07, 6.45) is 0. The number of hydrogen-bond donors (Lipinski definition) is 2. The van der Waals surface area contributed by atoms with Crippen LogP contribution in [0.4, 0.5) is 0 Å². The number of carbonyl (C=O) groups excluding carboxylic acids is 2. The molecule has 0 aliphatic carbocycles. The SMILES string of the molecule is CC(C(=O)NN)N1CCOc2ccccc2C1=O. The van der Waals surface area contributed by atoms with Gasteiger partial charge < -0.3 is 9.64 Å². The summed E-state index contributed by atoms with van der Waals surface area (Å²) in [7, 11) is 0. The largest absolute Gasteiger partial charge is 0.491 e. The second kappa shape index (κ2) is 5.05. The molecule has 96 valence electrons. The van der Waals surface area contributed by atoms with Gasteiger partial charge in [-0.1, -0.05) is 12.1 Å².